The average Bonchev–Trinajstić information content (AvgIpc) is 3.01. The predicted octanol–water partition coefficient (Wildman–Crippen LogP) is 3.87. The molecule has 0 spiro atoms. The van der Waals surface area contributed by atoms with Gasteiger partial charge in [0.25, 0.3) is 0 Å². The van der Waals surface area contributed by atoms with Gasteiger partial charge in [-0.3, -0.25) is 4.79 Å². The van der Waals surface area contributed by atoms with Crippen LogP contribution in [0.15, 0.2) is 47.1 Å². The number of nitrogens with two attached hydrogens (primary N) is 1. The van der Waals surface area contributed by atoms with Crippen molar-refractivity contribution >= 4 is 24.0 Å². The van der Waals surface area contributed by atoms with Crippen molar-refractivity contribution in [3.05, 3.63) is 54.0 Å². The summed E-state index contributed by atoms with van der Waals surface area (Å²) in [6.07, 6.45) is 3.13. The van der Waals surface area contributed by atoms with Gasteiger partial charge >= 0.3 is 0 Å². The van der Waals surface area contributed by atoms with E-state index in [4.69, 9.17) is 14.9 Å². The predicted molar refractivity (Wildman–Crippen MR) is 97.0 cm³/mol. The zero-order chi connectivity index (χ0) is 16.7. The van der Waals surface area contributed by atoms with Crippen molar-refractivity contribution < 1.29 is 13.9 Å². The Morgan fingerprint density at radius 1 is 1.29 bits per heavy atom. The molecule has 0 aliphatic rings. The lowest BCUT2D eigenvalue weighted by Gasteiger charge is -2.23. The van der Waals surface area contributed by atoms with Gasteiger partial charge in [0.15, 0.2) is 0 Å². The van der Waals surface area contributed by atoms with Gasteiger partial charge in [-0.1, -0.05) is 25.5 Å². The van der Waals surface area contributed by atoms with Gasteiger partial charge in [0.1, 0.15) is 12.4 Å². The second kappa shape index (κ2) is 9.47. The molecule has 2 rings (SSSR count). The number of furan rings is 1. The monoisotopic (exact) mass is 352 g/mol. The van der Waals surface area contributed by atoms with Crippen LogP contribution < -0.4 is 11.1 Å². The highest BCUT2D eigenvalue weighted by molar-refractivity contribution is 5.97. The summed E-state index contributed by atoms with van der Waals surface area (Å²) in [6, 6.07) is 11.3. The molecule has 1 atom stereocenters. The lowest BCUT2D eigenvalue weighted by molar-refractivity contribution is -0.120. The zero-order valence-electron chi connectivity index (χ0n) is 14.1. The number of benzene rings is 1. The fourth-order valence-corrected chi connectivity index (χ4v) is 2.31. The van der Waals surface area contributed by atoms with Crippen molar-refractivity contribution in [2.24, 2.45) is 5.73 Å². The third-order valence-corrected chi connectivity index (χ3v) is 3.57. The number of amides is 1. The van der Waals surface area contributed by atoms with Crippen LogP contribution >= 0.6 is 12.4 Å². The second-order valence-electron chi connectivity index (χ2n) is 5.89. The number of hydrogen-bond acceptors (Lipinski definition) is 4. The van der Waals surface area contributed by atoms with E-state index in [1.165, 1.54) is 0 Å². The fraction of sp³-hybridized carbons (Fsp3) is 0.389. The SMILES string of the molecule is CCCC(C)(N)C(=O)Nc1cccc(COCc2ccco2)c1.Cl. The molecule has 1 amide bonds. The standard InChI is InChI=1S/C18H24N2O3.ClH/c1-3-9-18(2,19)17(21)20-15-7-4-6-14(11-15)12-22-13-16-8-5-10-23-16;/h4-8,10-11H,3,9,12-13,19H2,1-2H3,(H,20,21);1H. The number of hydrogen-bond donors (Lipinski definition) is 2. The van der Waals surface area contributed by atoms with Crippen LogP contribution in [0.4, 0.5) is 5.69 Å². The summed E-state index contributed by atoms with van der Waals surface area (Å²) < 4.78 is 10.8. The van der Waals surface area contributed by atoms with Crippen molar-refractivity contribution in [3.8, 4) is 0 Å². The van der Waals surface area contributed by atoms with Crippen LogP contribution in [0.25, 0.3) is 0 Å². The molecule has 132 valence electrons. The average molecular weight is 353 g/mol. The number of halogens is 1. The number of nitrogens with one attached hydrogen (secondary N) is 1. The Morgan fingerprint density at radius 2 is 2.08 bits per heavy atom. The molecule has 1 heterocycles. The van der Waals surface area contributed by atoms with Crippen molar-refractivity contribution in [3.63, 3.8) is 0 Å². The number of anilines is 1. The van der Waals surface area contributed by atoms with E-state index in [0.717, 1.165) is 23.4 Å². The first-order valence-electron chi connectivity index (χ1n) is 7.80. The van der Waals surface area contributed by atoms with Gasteiger partial charge in [-0.05, 0) is 43.2 Å². The summed E-state index contributed by atoms with van der Waals surface area (Å²) in [6.45, 7) is 4.62. The summed E-state index contributed by atoms with van der Waals surface area (Å²) in [5.41, 5.74) is 6.88. The Hall–Kier alpha value is -1.82. The highest BCUT2D eigenvalue weighted by Gasteiger charge is 2.27. The minimum Gasteiger partial charge on any atom is -0.467 e. The lowest BCUT2D eigenvalue weighted by atomic mass is 9.96. The number of carbonyl (C=O) groups excluding carboxylic acids is 1. The Morgan fingerprint density at radius 3 is 2.75 bits per heavy atom. The highest BCUT2D eigenvalue weighted by Crippen LogP contribution is 2.16. The van der Waals surface area contributed by atoms with Crippen LogP contribution in [0.3, 0.4) is 0 Å². The van der Waals surface area contributed by atoms with Gasteiger partial charge in [-0.2, -0.15) is 0 Å². The second-order valence-corrected chi connectivity index (χ2v) is 5.89. The Balaban J connectivity index is 0.00000288. The molecule has 1 aromatic carbocycles. The van der Waals surface area contributed by atoms with E-state index >= 15 is 0 Å². The maximum atomic E-state index is 12.2. The molecular weight excluding hydrogens is 328 g/mol. The molecule has 2 aromatic rings. The molecule has 1 unspecified atom stereocenters. The molecule has 0 saturated carbocycles. The summed E-state index contributed by atoms with van der Waals surface area (Å²) >= 11 is 0. The van der Waals surface area contributed by atoms with Crippen LogP contribution in [-0.4, -0.2) is 11.4 Å². The molecule has 5 nitrogen and oxygen atoms in total. The summed E-state index contributed by atoms with van der Waals surface area (Å²) in [4.78, 5) is 12.2. The topological polar surface area (TPSA) is 77.5 Å². The number of ether oxygens (including phenoxy) is 1. The van der Waals surface area contributed by atoms with Crippen molar-refractivity contribution in [2.75, 3.05) is 5.32 Å². The van der Waals surface area contributed by atoms with Crippen LogP contribution in [0.5, 0.6) is 0 Å². The Labute approximate surface area is 149 Å². The molecule has 6 heteroatoms. The van der Waals surface area contributed by atoms with Crippen LogP contribution in [0.2, 0.25) is 0 Å². The summed E-state index contributed by atoms with van der Waals surface area (Å²) in [5.74, 6) is 0.612. The molecule has 0 fully saturated rings. The van der Waals surface area contributed by atoms with E-state index < -0.39 is 5.54 Å². The van der Waals surface area contributed by atoms with Gasteiger partial charge in [0, 0.05) is 5.69 Å². The van der Waals surface area contributed by atoms with E-state index in [1.807, 2.05) is 43.3 Å². The first-order valence-corrected chi connectivity index (χ1v) is 7.80. The Kier molecular flexibility index (Phi) is 7.98. The van der Waals surface area contributed by atoms with E-state index in [1.54, 1.807) is 13.2 Å². The minimum absolute atomic E-state index is 0. The van der Waals surface area contributed by atoms with Crippen LogP contribution in [0, 0.1) is 0 Å². The summed E-state index contributed by atoms with van der Waals surface area (Å²) in [5, 5.41) is 2.87. The van der Waals surface area contributed by atoms with E-state index in [0.29, 0.717) is 19.6 Å². The number of rotatable bonds is 8. The Bertz CT molecular complexity index is 627. The first kappa shape index (κ1) is 20.2. The molecule has 3 N–H and O–H groups in total. The van der Waals surface area contributed by atoms with E-state index in [9.17, 15) is 4.79 Å². The molecule has 0 saturated heterocycles. The first-order chi connectivity index (χ1) is 11.0. The van der Waals surface area contributed by atoms with Gasteiger partial charge in [-0.25, -0.2) is 0 Å². The number of carbonyl (C=O) groups is 1. The minimum atomic E-state index is -0.861. The third kappa shape index (κ3) is 6.00. The molecule has 0 aliphatic heterocycles. The smallest absolute Gasteiger partial charge is 0.244 e. The molecule has 1 aromatic heterocycles. The van der Waals surface area contributed by atoms with Crippen molar-refractivity contribution in [1.82, 2.24) is 0 Å². The normalized spacial score (nSPS) is 13.0. The quantitative estimate of drug-likeness (QED) is 0.755. The van der Waals surface area contributed by atoms with E-state index in [2.05, 4.69) is 5.32 Å². The van der Waals surface area contributed by atoms with E-state index in [-0.39, 0.29) is 18.3 Å². The molecule has 0 aliphatic carbocycles. The fourth-order valence-electron chi connectivity index (χ4n) is 2.31. The summed E-state index contributed by atoms with van der Waals surface area (Å²) in [7, 11) is 0. The lowest BCUT2D eigenvalue weighted by Crippen LogP contribution is -2.48. The van der Waals surface area contributed by atoms with Crippen LogP contribution in [-0.2, 0) is 22.7 Å². The molecule has 24 heavy (non-hydrogen) atoms. The van der Waals surface area contributed by atoms with Gasteiger partial charge in [-0.15, -0.1) is 12.4 Å². The van der Waals surface area contributed by atoms with Gasteiger partial charge in [0.2, 0.25) is 5.91 Å². The van der Waals surface area contributed by atoms with Crippen molar-refractivity contribution in [2.45, 2.75) is 45.4 Å². The van der Waals surface area contributed by atoms with Gasteiger partial charge in [0.05, 0.1) is 18.4 Å². The third-order valence-electron chi connectivity index (χ3n) is 3.57. The molecule has 0 radical (unpaired) electrons. The maximum Gasteiger partial charge on any atom is 0.244 e. The maximum absolute atomic E-state index is 12.2. The van der Waals surface area contributed by atoms with Crippen LogP contribution in [0.1, 0.15) is 38.0 Å². The van der Waals surface area contributed by atoms with Crippen molar-refractivity contribution in [1.29, 1.82) is 0 Å². The largest absolute Gasteiger partial charge is 0.467 e. The molecular formula is C18H25ClN2O3. The highest BCUT2D eigenvalue weighted by atomic mass is 35.5. The molecule has 0 bridgehead atoms. The van der Waals surface area contributed by atoms with Gasteiger partial charge < -0.3 is 20.2 Å². The zero-order valence-corrected chi connectivity index (χ0v) is 14.9.